The number of thiazole rings is 1. The van der Waals surface area contributed by atoms with Crippen molar-refractivity contribution in [2.45, 2.75) is 51.5 Å². The van der Waals surface area contributed by atoms with Gasteiger partial charge < -0.3 is 10.2 Å². The third-order valence-electron chi connectivity index (χ3n) is 4.42. The van der Waals surface area contributed by atoms with Crippen molar-refractivity contribution in [3.8, 4) is 0 Å². The van der Waals surface area contributed by atoms with E-state index < -0.39 is 0 Å². The third kappa shape index (κ3) is 5.12. The van der Waals surface area contributed by atoms with Crippen LogP contribution in [-0.4, -0.2) is 34.3 Å². The first-order chi connectivity index (χ1) is 12.1. The Labute approximate surface area is 156 Å². The van der Waals surface area contributed by atoms with Crippen molar-refractivity contribution in [3.63, 3.8) is 0 Å². The summed E-state index contributed by atoms with van der Waals surface area (Å²) in [5.74, 6) is -0.126. The molecular formula is C18H23N3O2S2. The van der Waals surface area contributed by atoms with Gasteiger partial charge in [-0.3, -0.25) is 9.59 Å². The van der Waals surface area contributed by atoms with E-state index in [1.807, 2.05) is 29.8 Å². The van der Waals surface area contributed by atoms with Gasteiger partial charge in [-0.2, -0.15) is 0 Å². The van der Waals surface area contributed by atoms with Crippen LogP contribution in [0.2, 0.25) is 0 Å². The Balaban J connectivity index is 1.66. The van der Waals surface area contributed by atoms with Gasteiger partial charge in [0.25, 0.3) is 0 Å². The number of nitrogens with one attached hydrogen (secondary N) is 1. The van der Waals surface area contributed by atoms with Crippen molar-refractivity contribution >= 4 is 39.6 Å². The van der Waals surface area contributed by atoms with Gasteiger partial charge in [0.1, 0.15) is 6.54 Å². The van der Waals surface area contributed by atoms with Crippen LogP contribution in [0.1, 0.15) is 42.7 Å². The largest absolute Gasteiger partial charge is 0.330 e. The number of anilines is 1. The van der Waals surface area contributed by atoms with Crippen molar-refractivity contribution in [2.24, 2.45) is 0 Å². The van der Waals surface area contributed by atoms with Crippen molar-refractivity contribution in [1.82, 2.24) is 9.88 Å². The van der Waals surface area contributed by atoms with E-state index in [2.05, 4.69) is 10.3 Å². The van der Waals surface area contributed by atoms with E-state index in [0.29, 0.717) is 11.6 Å². The predicted molar refractivity (Wildman–Crippen MR) is 102 cm³/mol. The number of amides is 2. The quantitative estimate of drug-likeness (QED) is 0.831. The molecular weight excluding hydrogens is 354 g/mol. The number of carbonyl (C=O) groups is 2. The molecule has 0 aromatic carbocycles. The van der Waals surface area contributed by atoms with Crippen LogP contribution < -0.4 is 5.32 Å². The zero-order chi connectivity index (χ0) is 17.6. The molecule has 134 valence electrons. The zero-order valence-electron chi connectivity index (χ0n) is 14.4. The molecule has 1 aliphatic rings. The second-order valence-electron chi connectivity index (χ2n) is 6.41. The molecule has 0 bridgehead atoms. The van der Waals surface area contributed by atoms with Gasteiger partial charge in [0.05, 0.1) is 12.1 Å². The fraction of sp³-hybridized carbons (Fsp3) is 0.500. The SMILES string of the molecule is Cc1csc(NC(=O)CN(C(=O)Cc2cccs2)C2CCCCC2)n1. The van der Waals surface area contributed by atoms with Gasteiger partial charge in [-0.25, -0.2) is 4.98 Å². The monoisotopic (exact) mass is 377 g/mol. The average molecular weight is 378 g/mol. The number of thiophene rings is 1. The maximum atomic E-state index is 12.8. The van der Waals surface area contributed by atoms with Crippen LogP contribution in [0.25, 0.3) is 0 Å². The molecule has 0 radical (unpaired) electrons. The Morgan fingerprint density at radius 1 is 1.28 bits per heavy atom. The van der Waals surface area contributed by atoms with Crippen LogP contribution in [0, 0.1) is 6.92 Å². The normalized spacial score (nSPS) is 15.1. The summed E-state index contributed by atoms with van der Waals surface area (Å²) in [7, 11) is 0. The summed E-state index contributed by atoms with van der Waals surface area (Å²) in [5.41, 5.74) is 0.887. The number of aryl methyl sites for hydroxylation is 1. The van der Waals surface area contributed by atoms with E-state index in [1.165, 1.54) is 17.8 Å². The molecule has 1 fully saturated rings. The van der Waals surface area contributed by atoms with Gasteiger partial charge in [0, 0.05) is 16.3 Å². The highest BCUT2D eigenvalue weighted by molar-refractivity contribution is 7.13. The molecule has 25 heavy (non-hydrogen) atoms. The predicted octanol–water partition coefficient (Wildman–Crippen LogP) is 3.86. The number of carbonyl (C=O) groups excluding carboxylic acids is 2. The first kappa shape index (κ1) is 18.1. The molecule has 3 rings (SSSR count). The molecule has 1 aliphatic carbocycles. The molecule has 0 aliphatic heterocycles. The first-order valence-electron chi connectivity index (χ1n) is 8.65. The summed E-state index contributed by atoms with van der Waals surface area (Å²) < 4.78 is 0. The molecule has 0 unspecified atom stereocenters. The van der Waals surface area contributed by atoms with E-state index >= 15 is 0 Å². The summed E-state index contributed by atoms with van der Waals surface area (Å²) in [6.07, 6.45) is 5.81. The highest BCUT2D eigenvalue weighted by Gasteiger charge is 2.27. The summed E-state index contributed by atoms with van der Waals surface area (Å²) in [5, 5.41) is 7.29. The van der Waals surface area contributed by atoms with Crippen LogP contribution in [-0.2, 0) is 16.0 Å². The number of aromatic nitrogens is 1. The maximum Gasteiger partial charge on any atom is 0.245 e. The average Bonchev–Trinajstić information content (AvgIpc) is 3.25. The van der Waals surface area contributed by atoms with Crippen LogP contribution in [0.5, 0.6) is 0 Å². The molecule has 7 heteroatoms. The molecule has 0 saturated heterocycles. The number of hydrogen-bond acceptors (Lipinski definition) is 5. The van der Waals surface area contributed by atoms with Crippen LogP contribution in [0.4, 0.5) is 5.13 Å². The molecule has 2 aromatic heterocycles. The van der Waals surface area contributed by atoms with Crippen molar-refractivity contribution in [1.29, 1.82) is 0 Å². The van der Waals surface area contributed by atoms with Crippen molar-refractivity contribution in [2.75, 3.05) is 11.9 Å². The number of hydrogen-bond donors (Lipinski definition) is 1. The lowest BCUT2D eigenvalue weighted by Crippen LogP contribution is -2.46. The van der Waals surface area contributed by atoms with E-state index in [0.717, 1.165) is 36.3 Å². The second-order valence-corrected chi connectivity index (χ2v) is 8.30. The highest BCUT2D eigenvalue weighted by Crippen LogP contribution is 2.24. The maximum absolute atomic E-state index is 12.8. The van der Waals surface area contributed by atoms with E-state index in [4.69, 9.17) is 0 Å². The first-order valence-corrected chi connectivity index (χ1v) is 10.4. The van der Waals surface area contributed by atoms with E-state index in [1.54, 1.807) is 16.2 Å². The van der Waals surface area contributed by atoms with Crippen LogP contribution >= 0.6 is 22.7 Å². The lowest BCUT2D eigenvalue weighted by molar-refractivity contribution is -0.137. The van der Waals surface area contributed by atoms with Gasteiger partial charge in [-0.15, -0.1) is 22.7 Å². The molecule has 1 N–H and O–H groups in total. The molecule has 2 aromatic rings. The minimum Gasteiger partial charge on any atom is -0.330 e. The third-order valence-corrected chi connectivity index (χ3v) is 6.17. The van der Waals surface area contributed by atoms with Gasteiger partial charge in [0.15, 0.2) is 5.13 Å². The summed E-state index contributed by atoms with van der Waals surface area (Å²) in [6, 6.07) is 4.10. The minimum atomic E-state index is -0.167. The van der Waals surface area contributed by atoms with Gasteiger partial charge in [-0.05, 0) is 31.2 Å². The standard InChI is InChI=1S/C18H23N3O2S2/c1-13-12-25-18(19-13)20-16(22)11-21(14-6-3-2-4-7-14)17(23)10-15-8-5-9-24-15/h5,8-9,12,14H,2-4,6-7,10-11H2,1H3,(H,19,20,22). The Kier molecular flexibility index (Phi) is 6.20. The summed E-state index contributed by atoms with van der Waals surface area (Å²) in [6.45, 7) is 2.00. The van der Waals surface area contributed by atoms with E-state index in [-0.39, 0.29) is 24.4 Å². The van der Waals surface area contributed by atoms with Crippen molar-refractivity contribution < 1.29 is 9.59 Å². The Bertz CT molecular complexity index is 706. The molecule has 2 amide bonds. The van der Waals surface area contributed by atoms with Crippen LogP contribution in [0.15, 0.2) is 22.9 Å². The van der Waals surface area contributed by atoms with E-state index in [9.17, 15) is 9.59 Å². The molecule has 0 spiro atoms. The fourth-order valence-electron chi connectivity index (χ4n) is 3.20. The lowest BCUT2D eigenvalue weighted by atomic mass is 9.94. The van der Waals surface area contributed by atoms with Crippen molar-refractivity contribution in [3.05, 3.63) is 33.5 Å². The van der Waals surface area contributed by atoms with Crippen LogP contribution in [0.3, 0.4) is 0 Å². The minimum absolute atomic E-state index is 0.0415. The number of nitrogens with zero attached hydrogens (tertiary/aromatic N) is 2. The second kappa shape index (κ2) is 8.58. The van der Waals surface area contributed by atoms with Gasteiger partial charge in [0.2, 0.25) is 11.8 Å². The Morgan fingerprint density at radius 2 is 2.08 bits per heavy atom. The Morgan fingerprint density at radius 3 is 2.72 bits per heavy atom. The summed E-state index contributed by atoms with van der Waals surface area (Å²) >= 11 is 2.99. The van der Waals surface area contributed by atoms with Gasteiger partial charge in [-0.1, -0.05) is 25.3 Å². The molecule has 2 heterocycles. The topological polar surface area (TPSA) is 62.3 Å². The smallest absolute Gasteiger partial charge is 0.245 e. The summed E-state index contributed by atoms with van der Waals surface area (Å²) in [4.78, 5) is 32.4. The molecule has 5 nitrogen and oxygen atoms in total. The van der Waals surface area contributed by atoms with Gasteiger partial charge >= 0.3 is 0 Å². The fourth-order valence-corrected chi connectivity index (χ4v) is 4.60. The zero-order valence-corrected chi connectivity index (χ0v) is 16.0. The Hall–Kier alpha value is -1.73. The molecule has 1 saturated carbocycles. The lowest BCUT2D eigenvalue weighted by Gasteiger charge is -2.34. The highest BCUT2D eigenvalue weighted by atomic mass is 32.1. The number of rotatable bonds is 6. The molecule has 0 atom stereocenters.